The van der Waals surface area contributed by atoms with Gasteiger partial charge in [0.1, 0.15) is 5.75 Å². The number of rotatable bonds is 3. The van der Waals surface area contributed by atoms with Crippen molar-refractivity contribution in [1.82, 2.24) is 20.4 Å². The monoisotopic (exact) mass is 377 g/mol. The molecule has 140 valence electrons. The Kier molecular flexibility index (Phi) is 5.68. The first-order valence-corrected chi connectivity index (χ1v) is 8.72. The first-order chi connectivity index (χ1) is 12.3. The number of methoxy groups -OCH3 is 1. The number of aromatic nitrogens is 2. The summed E-state index contributed by atoms with van der Waals surface area (Å²) in [4.78, 5) is 17.0. The number of benzene rings is 1. The van der Waals surface area contributed by atoms with Crippen LogP contribution in [0.15, 0.2) is 24.3 Å². The standard InChI is InChI=1S/C18H23N5O2.ClH/c1-25-16-5-3-2-4-15(16)22-8-10-23(11-9-22)18(24)17-13-12-19-7-6-14(13)20-21-17;/h2-5,19H,6-12H2,1H3,(H,20,21);1H. The number of nitrogens with one attached hydrogen (secondary N) is 2. The van der Waals surface area contributed by atoms with Crippen LogP contribution in [-0.2, 0) is 13.0 Å². The third-order valence-electron chi connectivity index (χ3n) is 5.00. The summed E-state index contributed by atoms with van der Waals surface area (Å²) < 4.78 is 5.45. The third-order valence-corrected chi connectivity index (χ3v) is 5.00. The number of amides is 1. The topological polar surface area (TPSA) is 73.5 Å². The smallest absolute Gasteiger partial charge is 0.274 e. The van der Waals surface area contributed by atoms with E-state index in [9.17, 15) is 4.79 Å². The van der Waals surface area contributed by atoms with E-state index in [0.29, 0.717) is 25.3 Å². The molecular formula is C18H24ClN5O2. The quantitative estimate of drug-likeness (QED) is 0.847. The summed E-state index contributed by atoms with van der Waals surface area (Å²) in [6.07, 6.45) is 0.900. The summed E-state index contributed by atoms with van der Waals surface area (Å²) in [5.41, 5.74) is 3.78. The van der Waals surface area contributed by atoms with Crippen molar-refractivity contribution >= 4 is 24.0 Å². The highest BCUT2D eigenvalue weighted by atomic mass is 35.5. The van der Waals surface area contributed by atoms with Gasteiger partial charge in [-0.05, 0) is 12.1 Å². The number of nitrogens with zero attached hydrogens (tertiary/aromatic N) is 3. The van der Waals surface area contributed by atoms with Gasteiger partial charge in [-0.2, -0.15) is 5.10 Å². The molecule has 0 aliphatic carbocycles. The van der Waals surface area contributed by atoms with E-state index in [0.717, 1.165) is 48.7 Å². The van der Waals surface area contributed by atoms with Gasteiger partial charge in [0.05, 0.1) is 12.8 Å². The fourth-order valence-electron chi connectivity index (χ4n) is 3.59. The first-order valence-electron chi connectivity index (χ1n) is 8.72. The molecule has 2 aliphatic rings. The van der Waals surface area contributed by atoms with Crippen molar-refractivity contribution < 1.29 is 9.53 Å². The van der Waals surface area contributed by atoms with E-state index < -0.39 is 0 Å². The SMILES string of the molecule is COc1ccccc1N1CCN(C(=O)c2n[nH]c3c2CNCC3)CC1.Cl. The Hall–Kier alpha value is -2.25. The zero-order valence-electron chi connectivity index (χ0n) is 14.8. The van der Waals surface area contributed by atoms with Gasteiger partial charge in [0.15, 0.2) is 5.69 Å². The minimum atomic E-state index is 0. The Morgan fingerprint density at radius 1 is 1.19 bits per heavy atom. The Bertz CT molecular complexity index is 771. The minimum Gasteiger partial charge on any atom is -0.495 e. The maximum atomic E-state index is 12.9. The van der Waals surface area contributed by atoms with Gasteiger partial charge in [0.2, 0.25) is 0 Å². The number of fused-ring (bicyclic) bond motifs is 1. The molecule has 1 fully saturated rings. The lowest BCUT2D eigenvalue weighted by molar-refractivity contribution is 0.0739. The number of carbonyl (C=O) groups is 1. The number of aromatic amines is 1. The molecule has 26 heavy (non-hydrogen) atoms. The molecule has 7 nitrogen and oxygen atoms in total. The van der Waals surface area contributed by atoms with Gasteiger partial charge < -0.3 is 19.9 Å². The number of para-hydroxylation sites is 2. The van der Waals surface area contributed by atoms with Crippen LogP contribution in [0.3, 0.4) is 0 Å². The van der Waals surface area contributed by atoms with Crippen LogP contribution in [0.2, 0.25) is 0 Å². The van der Waals surface area contributed by atoms with E-state index in [1.54, 1.807) is 7.11 Å². The Morgan fingerprint density at radius 2 is 1.96 bits per heavy atom. The average Bonchev–Trinajstić information content (AvgIpc) is 3.11. The van der Waals surface area contributed by atoms with Crippen molar-refractivity contribution in [1.29, 1.82) is 0 Å². The molecule has 0 atom stereocenters. The van der Waals surface area contributed by atoms with Crippen LogP contribution in [0.4, 0.5) is 5.69 Å². The molecule has 0 unspecified atom stereocenters. The number of H-pyrrole nitrogens is 1. The van der Waals surface area contributed by atoms with Crippen molar-refractivity contribution in [2.75, 3.05) is 44.7 Å². The second-order valence-electron chi connectivity index (χ2n) is 6.41. The van der Waals surface area contributed by atoms with Crippen molar-refractivity contribution in [3.63, 3.8) is 0 Å². The van der Waals surface area contributed by atoms with Gasteiger partial charge in [-0.1, -0.05) is 12.1 Å². The van der Waals surface area contributed by atoms with E-state index in [1.807, 2.05) is 23.1 Å². The number of hydrogen-bond acceptors (Lipinski definition) is 5. The van der Waals surface area contributed by atoms with Crippen LogP contribution in [0.1, 0.15) is 21.7 Å². The second-order valence-corrected chi connectivity index (χ2v) is 6.41. The molecular weight excluding hydrogens is 354 g/mol. The van der Waals surface area contributed by atoms with Gasteiger partial charge >= 0.3 is 0 Å². The maximum Gasteiger partial charge on any atom is 0.274 e. The normalized spacial score (nSPS) is 16.7. The molecule has 1 amide bonds. The van der Waals surface area contributed by atoms with Crippen molar-refractivity contribution in [3.05, 3.63) is 41.2 Å². The summed E-state index contributed by atoms with van der Waals surface area (Å²) in [5.74, 6) is 0.899. The molecule has 2 aromatic rings. The lowest BCUT2D eigenvalue weighted by atomic mass is 10.1. The number of hydrogen-bond donors (Lipinski definition) is 2. The molecule has 4 rings (SSSR count). The lowest BCUT2D eigenvalue weighted by Crippen LogP contribution is -2.49. The van der Waals surface area contributed by atoms with Gasteiger partial charge in [0, 0.05) is 56.9 Å². The highest BCUT2D eigenvalue weighted by Gasteiger charge is 2.28. The predicted molar refractivity (Wildman–Crippen MR) is 102 cm³/mol. The molecule has 8 heteroatoms. The highest BCUT2D eigenvalue weighted by molar-refractivity contribution is 5.94. The van der Waals surface area contributed by atoms with Crippen molar-refractivity contribution in [2.24, 2.45) is 0 Å². The van der Waals surface area contributed by atoms with Gasteiger partial charge in [-0.25, -0.2) is 0 Å². The summed E-state index contributed by atoms with van der Waals surface area (Å²) >= 11 is 0. The van der Waals surface area contributed by atoms with E-state index in [1.165, 1.54) is 0 Å². The highest BCUT2D eigenvalue weighted by Crippen LogP contribution is 2.28. The van der Waals surface area contributed by atoms with E-state index >= 15 is 0 Å². The Labute approximate surface area is 159 Å². The molecule has 0 spiro atoms. The fraction of sp³-hybridized carbons (Fsp3) is 0.444. The average molecular weight is 378 g/mol. The molecule has 1 aromatic carbocycles. The number of piperazine rings is 1. The van der Waals surface area contributed by atoms with Gasteiger partial charge in [-0.15, -0.1) is 12.4 Å². The molecule has 2 N–H and O–H groups in total. The molecule has 1 aromatic heterocycles. The van der Waals surface area contributed by atoms with Crippen LogP contribution < -0.4 is 15.0 Å². The second kappa shape index (κ2) is 7.97. The summed E-state index contributed by atoms with van der Waals surface area (Å²) in [6, 6.07) is 8.01. The van der Waals surface area contributed by atoms with Crippen LogP contribution in [-0.4, -0.2) is 60.8 Å². The van der Waals surface area contributed by atoms with Crippen LogP contribution >= 0.6 is 12.4 Å². The molecule has 0 bridgehead atoms. The van der Waals surface area contributed by atoms with Crippen LogP contribution in [0, 0.1) is 0 Å². The summed E-state index contributed by atoms with van der Waals surface area (Å²) in [6.45, 7) is 4.60. The molecule has 1 saturated heterocycles. The maximum absolute atomic E-state index is 12.9. The largest absolute Gasteiger partial charge is 0.495 e. The summed E-state index contributed by atoms with van der Waals surface area (Å²) in [7, 11) is 1.69. The zero-order valence-corrected chi connectivity index (χ0v) is 15.6. The van der Waals surface area contributed by atoms with Gasteiger partial charge in [0.25, 0.3) is 5.91 Å². The number of ether oxygens (including phenoxy) is 1. The molecule has 0 saturated carbocycles. The number of anilines is 1. The first kappa shape index (κ1) is 18.5. The number of halogens is 1. The van der Waals surface area contributed by atoms with Crippen LogP contribution in [0.5, 0.6) is 5.75 Å². The van der Waals surface area contributed by atoms with E-state index in [-0.39, 0.29) is 18.3 Å². The third kappa shape index (κ3) is 3.37. The Balaban J connectivity index is 0.00000196. The molecule has 3 heterocycles. The fourth-order valence-corrected chi connectivity index (χ4v) is 3.59. The minimum absolute atomic E-state index is 0. The predicted octanol–water partition coefficient (Wildman–Crippen LogP) is 1.45. The molecule has 2 aliphatic heterocycles. The zero-order chi connectivity index (χ0) is 17.2. The van der Waals surface area contributed by atoms with Gasteiger partial charge in [-0.3, -0.25) is 9.89 Å². The van der Waals surface area contributed by atoms with Crippen molar-refractivity contribution in [3.8, 4) is 5.75 Å². The van der Waals surface area contributed by atoms with Crippen molar-refractivity contribution in [2.45, 2.75) is 13.0 Å². The van der Waals surface area contributed by atoms with E-state index in [2.05, 4.69) is 26.5 Å². The lowest BCUT2D eigenvalue weighted by Gasteiger charge is -2.36. The summed E-state index contributed by atoms with van der Waals surface area (Å²) in [5, 5.41) is 10.6. The van der Waals surface area contributed by atoms with E-state index in [4.69, 9.17) is 4.74 Å². The van der Waals surface area contributed by atoms with Crippen LogP contribution in [0.25, 0.3) is 0 Å². The molecule has 0 radical (unpaired) electrons. The Morgan fingerprint density at radius 3 is 2.73 bits per heavy atom. The number of carbonyl (C=O) groups excluding carboxylic acids is 1.